The van der Waals surface area contributed by atoms with Gasteiger partial charge >= 0.3 is 6.18 Å². The molecule has 2 aromatic rings. The molecule has 134 valence electrons. The first kappa shape index (κ1) is 18.8. The molecule has 2 rings (SSSR count). The van der Waals surface area contributed by atoms with E-state index in [2.05, 4.69) is 15.0 Å². The second-order valence-corrected chi connectivity index (χ2v) is 5.60. The van der Waals surface area contributed by atoms with Gasteiger partial charge in [0.05, 0.1) is 17.9 Å². The number of carbonyl (C=O) groups is 1. The molecular formula is C18H19F3N2O2. The molecule has 7 heteroatoms. The molecule has 1 heterocycles. The van der Waals surface area contributed by atoms with Crippen LogP contribution in [0.3, 0.4) is 0 Å². The Morgan fingerprint density at radius 3 is 2.52 bits per heavy atom. The predicted molar refractivity (Wildman–Crippen MR) is 87.1 cm³/mol. The quantitative estimate of drug-likeness (QED) is 0.824. The number of rotatable bonds is 7. The molecule has 1 aromatic carbocycles. The highest BCUT2D eigenvalue weighted by Gasteiger charge is 2.28. The molecule has 1 N–H and O–H groups in total. The summed E-state index contributed by atoms with van der Waals surface area (Å²) in [5.74, 6) is -0.0840. The summed E-state index contributed by atoms with van der Waals surface area (Å²) in [4.78, 5) is 16.0. The Morgan fingerprint density at radius 1 is 1.20 bits per heavy atom. The molecule has 0 bridgehead atoms. The Balaban J connectivity index is 1.81. The van der Waals surface area contributed by atoms with E-state index >= 15 is 0 Å². The summed E-state index contributed by atoms with van der Waals surface area (Å²) in [6.45, 7) is 0.402. The molecule has 25 heavy (non-hydrogen) atoms. The molecule has 0 aliphatic carbocycles. The molecular weight excluding hydrogens is 333 g/mol. The largest absolute Gasteiger partial charge is 0.483 e. The van der Waals surface area contributed by atoms with Gasteiger partial charge in [-0.05, 0) is 31.0 Å². The van der Waals surface area contributed by atoms with Crippen LogP contribution in [0.2, 0.25) is 0 Å². The minimum atomic E-state index is -4.39. The molecule has 1 amide bonds. The predicted octanol–water partition coefficient (Wildman–Crippen LogP) is 3.83. The molecule has 0 saturated heterocycles. The summed E-state index contributed by atoms with van der Waals surface area (Å²) < 4.78 is 40.9. The fourth-order valence-electron chi connectivity index (χ4n) is 2.19. The van der Waals surface area contributed by atoms with Crippen molar-refractivity contribution in [1.29, 1.82) is 0 Å². The number of hydrogen-bond acceptors (Lipinski definition) is 3. The van der Waals surface area contributed by atoms with Gasteiger partial charge in [-0.1, -0.05) is 30.3 Å². The van der Waals surface area contributed by atoms with Gasteiger partial charge in [0, 0.05) is 6.42 Å². The van der Waals surface area contributed by atoms with E-state index in [0.717, 1.165) is 5.56 Å². The zero-order chi connectivity index (χ0) is 18.3. The van der Waals surface area contributed by atoms with E-state index in [9.17, 15) is 18.0 Å². The van der Waals surface area contributed by atoms with Crippen LogP contribution in [-0.4, -0.2) is 23.7 Å². The molecule has 0 spiro atoms. The maximum atomic E-state index is 12.1. The number of pyridine rings is 1. The van der Waals surface area contributed by atoms with Gasteiger partial charge in [-0.2, -0.15) is 13.2 Å². The summed E-state index contributed by atoms with van der Waals surface area (Å²) in [5.41, 5.74) is 1.63. The van der Waals surface area contributed by atoms with Crippen molar-refractivity contribution in [3.05, 3.63) is 59.9 Å². The van der Waals surface area contributed by atoms with Crippen molar-refractivity contribution < 1.29 is 22.7 Å². The van der Waals surface area contributed by atoms with Crippen LogP contribution >= 0.6 is 0 Å². The van der Waals surface area contributed by atoms with Crippen molar-refractivity contribution in [2.24, 2.45) is 0 Å². The molecule has 0 unspecified atom stereocenters. The zero-order valence-corrected chi connectivity index (χ0v) is 13.7. The number of aryl methyl sites for hydroxylation is 1. The average molecular weight is 352 g/mol. The van der Waals surface area contributed by atoms with Crippen LogP contribution in [0, 0.1) is 0 Å². The normalized spacial score (nSPS) is 12.5. The maximum absolute atomic E-state index is 12.1. The smallest absolute Gasteiger partial charge is 0.422 e. The lowest BCUT2D eigenvalue weighted by molar-refractivity contribution is -0.153. The first-order valence-corrected chi connectivity index (χ1v) is 7.82. The number of halogens is 3. The molecule has 0 aliphatic heterocycles. The van der Waals surface area contributed by atoms with Gasteiger partial charge < -0.3 is 10.1 Å². The number of carbonyl (C=O) groups excluding carboxylic acids is 1. The van der Waals surface area contributed by atoms with E-state index in [-0.39, 0.29) is 17.7 Å². The van der Waals surface area contributed by atoms with Crippen LogP contribution in [0.5, 0.6) is 5.75 Å². The van der Waals surface area contributed by atoms with E-state index in [0.29, 0.717) is 18.5 Å². The molecule has 0 aliphatic rings. The number of aromatic nitrogens is 1. The molecule has 0 radical (unpaired) electrons. The highest BCUT2D eigenvalue weighted by atomic mass is 19.4. The van der Waals surface area contributed by atoms with Crippen molar-refractivity contribution in [2.75, 3.05) is 6.61 Å². The summed E-state index contributed by atoms with van der Waals surface area (Å²) in [7, 11) is 0. The SMILES string of the molecule is C[C@@H](NC(=O)CCc1ccccc1)c1ccc(OCC(F)(F)F)cn1. The van der Waals surface area contributed by atoms with Crippen molar-refractivity contribution in [2.45, 2.75) is 32.0 Å². The average Bonchev–Trinajstić information content (AvgIpc) is 2.59. The summed E-state index contributed by atoms with van der Waals surface area (Å²) >= 11 is 0. The topological polar surface area (TPSA) is 51.2 Å². The van der Waals surface area contributed by atoms with E-state index in [1.165, 1.54) is 18.3 Å². The third-order valence-electron chi connectivity index (χ3n) is 3.47. The van der Waals surface area contributed by atoms with Gasteiger partial charge in [0.1, 0.15) is 5.75 Å². The van der Waals surface area contributed by atoms with E-state index in [1.807, 2.05) is 30.3 Å². The lowest BCUT2D eigenvalue weighted by Gasteiger charge is -2.14. The Hall–Kier alpha value is -2.57. The lowest BCUT2D eigenvalue weighted by Crippen LogP contribution is -2.27. The molecule has 0 saturated carbocycles. The highest BCUT2D eigenvalue weighted by Crippen LogP contribution is 2.19. The lowest BCUT2D eigenvalue weighted by atomic mass is 10.1. The highest BCUT2D eigenvalue weighted by molar-refractivity contribution is 5.76. The number of nitrogens with one attached hydrogen (secondary N) is 1. The van der Waals surface area contributed by atoms with Gasteiger partial charge in [0.2, 0.25) is 5.91 Å². The monoisotopic (exact) mass is 352 g/mol. The first-order chi connectivity index (χ1) is 11.8. The third-order valence-corrected chi connectivity index (χ3v) is 3.47. The second kappa shape index (κ2) is 8.50. The third kappa shape index (κ3) is 6.82. The van der Waals surface area contributed by atoms with Crippen molar-refractivity contribution in [1.82, 2.24) is 10.3 Å². The molecule has 1 atom stereocenters. The summed E-state index contributed by atoms with van der Waals surface area (Å²) in [5, 5.41) is 2.82. The van der Waals surface area contributed by atoms with Crippen molar-refractivity contribution >= 4 is 5.91 Å². The van der Waals surface area contributed by atoms with Gasteiger partial charge in [-0.3, -0.25) is 9.78 Å². The number of amides is 1. The second-order valence-electron chi connectivity index (χ2n) is 5.60. The van der Waals surface area contributed by atoms with Crippen LogP contribution in [0.25, 0.3) is 0 Å². The Labute approximate surface area is 144 Å². The van der Waals surface area contributed by atoms with Crippen LogP contribution in [0.4, 0.5) is 13.2 Å². The fourth-order valence-corrected chi connectivity index (χ4v) is 2.19. The van der Waals surface area contributed by atoms with Gasteiger partial charge in [0.25, 0.3) is 0 Å². The number of hydrogen-bond donors (Lipinski definition) is 1. The van der Waals surface area contributed by atoms with E-state index in [1.54, 1.807) is 6.92 Å². The number of benzene rings is 1. The zero-order valence-electron chi connectivity index (χ0n) is 13.7. The van der Waals surface area contributed by atoms with Crippen LogP contribution in [0.1, 0.15) is 30.6 Å². The van der Waals surface area contributed by atoms with Gasteiger partial charge in [-0.25, -0.2) is 0 Å². The fraction of sp³-hybridized carbons (Fsp3) is 0.333. The maximum Gasteiger partial charge on any atom is 0.422 e. The number of ether oxygens (including phenoxy) is 1. The van der Waals surface area contributed by atoms with E-state index in [4.69, 9.17) is 0 Å². The Bertz CT molecular complexity index is 673. The van der Waals surface area contributed by atoms with E-state index < -0.39 is 12.8 Å². The minimum absolute atomic E-state index is 0.0312. The van der Waals surface area contributed by atoms with Gasteiger partial charge in [-0.15, -0.1) is 0 Å². The number of nitrogens with zero attached hydrogens (tertiary/aromatic N) is 1. The Morgan fingerprint density at radius 2 is 1.92 bits per heavy atom. The number of alkyl halides is 3. The molecule has 4 nitrogen and oxygen atoms in total. The van der Waals surface area contributed by atoms with Crippen LogP contribution in [-0.2, 0) is 11.2 Å². The van der Waals surface area contributed by atoms with Crippen LogP contribution in [0.15, 0.2) is 48.7 Å². The Kier molecular flexibility index (Phi) is 6.38. The molecule has 0 fully saturated rings. The van der Waals surface area contributed by atoms with Gasteiger partial charge in [0.15, 0.2) is 6.61 Å². The first-order valence-electron chi connectivity index (χ1n) is 7.82. The van der Waals surface area contributed by atoms with Crippen molar-refractivity contribution in [3.63, 3.8) is 0 Å². The summed E-state index contributed by atoms with van der Waals surface area (Å²) in [6.07, 6.45) is -2.19. The van der Waals surface area contributed by atoms with Crippen LogP contribution < -0.4 is 10.1 Å². The minimum Gasteiger partial charge on any atom is -0.483 e. The molecule has 1 aromatic heterocycles. The van der Waals surface area contributed by atoms with Crippen molar-refractivity contribution in [3.8, 4) is 5.75 Å². The standard InChI is InChI=1S/C18H19F3N2O2/c1-13(23-17(24)10-7-14-5-3-2-4-6-14)16-9-8-15(11-22-16)25-12-18(19,20)21/h2-6,8-9,11,13H,7,10,12H2,1H3,(H,23,24)/t13-/m1/s1. The summed E-state index contributed by atoms with van der Waals surface area (Å²) in [6, 6.07) is 12.3.